The molecule has 21 heavy (non-hydrogen) atoms. The molecule has 1 saturated heterocycles. The predicted molar refractivity (Wildman–Crippen MR) is 76.6 cm³/mol. The van der Waals surface area contributed by atoms with Gasteiger partial charge in [-0.25, -0.2) is 26.7 Å². The first-order valence-corrected chi connectivity index (χ1v) is 9.10. The van der Waals surface area contributed by atoms with Crippen molar-refractivity contribution < 1.29 is 21.6 Å². The van der Waals surface area contributed by atoms with Crippen molar-refractivity contribution in [3.63, 3.8) is 0 Å². The third-order valence-corrected chi connectivity index (χ3v) is 5.92. The third-order valence-electron chi connectivity index (χ3n) is 3.26. The van der Waals surface area contributed by atoms with Gasteiger partial charge in [0.25, 0.3) is 0 Å². The van der Waals surface area contributed by atoms with E-state index in [9.17, 15) is 21.6 Å². The molecule has 10 heteroatoms. The molecule has 8 nitrogen and oxygen atoms in total. The molecule has 1 atom stereocenters. The summed E-state index contributed by atoms with van der Waals surface area (Å²) in [5, 5.41) is 4.07. The molecule has 2 rings (SSSR count). The van der Waals surface area contributed by atoms with E-state index < -0.39 is 31.2 Å². The summed E-state index contributed by atoms with van der Waals surface area (Å²) in [4.78, 5) is 13.1. The van der Waals surface area contributed by atoms with E-state index in [-0.39, 0.29) is 17.9 Å². The molecule has 3 N–H and O–H groups in total. The number of sulfonamides is 2. The van der Waals surface area contributed by atoms with Crippen molar-refractivity contribution >= 4 is 31.6 Å². The van der Waals surface area contributed by atoms with Crippen LogP contribution in [0.3, 0.4) is 0 Å². The first-order valence-electron chi connectivity index (χ1n) is 6.01. The van der Waals surface area contributed by atoms with Crippen molar-refractivity contribution in [3.05, 3.63) is 24.3 Å². The summed E-state index contributed by atoms with van der Waals surface area (Å²) in [6.07, 6.45) is -0.207. The minimum atomic E-state index is -3.81. The van der Waals surface area contributed by atoms with Gasteiger partial charge in [-0.2, -0.15) is 0 Å². The number of amides is 1. The van der Waals surface area contributed by atoms with E-state index in [1.54, 1.807) is 0 Å². The van der Waals surface area contributed by atoms with E-state index in [0.717, 1.165) is 0 Å². The lowest BCUT2D eigenvalue weighted by atomic mass is 10.3. The van der Waals surface area contributed by atoms with Crippen LogP contribution in [0.5, 0.6) is 0 Å². The largest absolute Gasteiger partial charge is 0.311 e. The highest BCUT2D eigenvalue weighted by atomic mass is 32.2. The molecule has 1 fully saturated rings. The number of anilines is 1. The van der Waals surface area contributed by atoms with Gasteiger partial charge in [0.05, 0.1) is 4.90 Å². The number of nitrogens with zero attached hydrogens (tertiary/aromatic N) is 1. The number of nitrogens with one attached hydrogen (secondary N) is 1. The highest BCUT2D eigenvalue weighted by Gasteiger charge is 2.37. The molecule has 1 heterocycles. The topological polar surface area (TPSA) is 127 Å². The SMILES string of the molecule is CNS(=O)(=O)c1cccc(N2CC(S(N)(=O)=O)CC2=O)c1. The number of rotatable bonds is 4. The fraction of sp³-hybridized carbons (Fsp3) is 0.364. The first-order chi connectivity index (χ1) is 9.65. The molecule has 1 unspecified atom stereocenters. The third kappa shape index (κ3) is 3.23. The summed E-state index contributed by atoms with van der Waals surface area (Å²) >= 11 is 0. The van der Waals surface area contributed by atoms with Crippen LogP contribution in [0.1, 0.15) is 6.42 Å². The molecular formula is C11H15N3O5S2. The molecule has 0 radical (unpaired) electrons. The van der Waals surface area contributed by atoms with Gasteiger partial charge in [0.1, 0.15) is 5.25 Å². The Hall–Kier alpha value is -1.49. The van der Waals surface area contributed by atoms with Crippen LogP contribution in [0.25, 0.3) is 0 Å². The average molecular weight is 333 g/mol. The zero-order chi connectivity index (χ0) is 15.8. The van der Waals surface area contributed by atoms with Gasteiger partial charge in [0, 0.05) is 18.7 Å². The van der Waals surface area contributed by atoms with Crippen molar-refractivity contribution in [1.29, 1.82) is 0 Å². The van der Waals surface area contributed by atoms with E-state index in [2.05, 4.69) is 4.72 Å². The van der Waals surface area contributed by atoms with Gasteiger partial charge in [0.2, 0.25) is 26.0 Å². The Kier molecular flexibility index (Phi) is 4.06. The van der Waals surface area contributed by atoms with E-state index in [1.807, 2.05) is 0 Å². The van der Waals surface area contributed by atoms with Crippen molar-refractivity contribution in [1.82, 2.24) is 4.72 Å². The summed E-state index contributed by atoms with van der Waals surface area (Å²) in [6, 6.07) is 5.72. The van der Waals surface area contributed by atoms with Crippen molar-refractivity contribution in [2.45, 2.75) is 16.6 Å². The van der Waals surface area contributed by atoms with E-state index in [4.69, 9.17) is 5.14 Å². The lowest BCUT2D eigenvalue weighted by molar-refractivity contribution is -0.117. The second-order valence-electron chi connectivity index (χ2n) is 4.62. The number of hydrogen-bond acceptors (Lipinski definition) is 5. The standard InChI is InChI=1S/C11H15N3O5S2/c1-13-21(18,19)9-4-2-3-8(5-9)14-7-10(6-11(14)15)20(12,16)17/h2-5,10,13H,6-7H2,1H3,(H2,12,16,17). The lowest BCUT2D eigenvalue weighted by Crippen LogP contribution is -2.32. The normalized spacial score (nSPS) is 20.0. The van der Waals surface area contributed by atoms with Gasteiger partial charge in [-0.15, -0.1) is 0 Å². The maximum Gasteiger partial charge on any atom is 0.240 e. The van der Waals surface area contributed by atoms with Crippen LogP contribution in [0.15, 0.2) is 29.2 Å². The summed E-state index contributed by atoms with van der Waals surface area (Å²) in [5.41, 5.74) is 0.322. The first kappa shape index (κ1) is 15.9. The molecule has 1 aliphatic heterocycles. The summed E-state index contributed by atoms with van der Waals surface area (Å²) in [7, 11) is -6.18. The van der Waals surface area contributed by atoms with Crippen LogP contribution in [-0.4, -0.2) is 41.6 Å². The molecule has 1 aromatic rings. The highest BCUT2D eigenvalue weighted by molar-refractivity contribution is 7.90. The van der Waals surface area contributed by atoms with Gasteiger partial charge < -0.3 is 4.90 Å². The maximum absolute atomic E-state index is 11.9. The van der Waals surface area contributed by atoms with Gasteiger partial charge in [-0.3, -0.25) is 4.79 Å². The van der Waals surface area contributed by atoms with Crippen LogP contribution < -0.4 is 14.8 Å². The summed E-state index contributed by atoms with van der Waals surface area (Å²) in [6.45, 7) is -0.0826. The van der Waals surface area contributed by atoms with Gasteiger partial charge in [-0.1, -0.05) is 6.07 Å². The van der Waals surface area contributed by atoms with Crippen LogP contribution in [0.4, 0.5) is 5.69 Å². The number of benzene rings is 1. The van der Waals surface area contributed by atoms with Crippen molar-refractivity contribution in [2.24, 2.45) is 5.14 Å². The van der Waals surface area contributed by atoms with Crippen LogP contribution in [-0.2, 0) is 24.8 Å². The smallest absolute Gasteiger partial charge is 0.240 e. The van der Waals surface area contributed by atoms with Gasteiger partial charge in [0.15, 0.2) is 0 Å². The fourth-order valence-electron chi connectivity index (χ4n) is 2.08. The Balaban J connectivity index is 2.36. The molecule has 1 amide bonds. The predicted octanol–water partition coefficient (Wildman–Crippen LogP) is -1.01. The highest BCUT2D eigenvalue weighted by Crippen LogP contribution is 2.26. The molecule has 0 aliphatic carbocycles. The number of carbonyl (C=O) groups is 1. The number of primary sulfonamides is 1. The number of carbonyl (C=O) groups excluding carboxylic acids is 1. The minimum absolute atomic E-state index is 0.00523. The number of nitrogens with two attached hydrogens (primary N) is 1. The van der Waals surface area contributed by atoms with Crippen LogP contribution in [0.2, 0.25) is 0 Å². The molecule has 0 aromatic heterocycles. The molecular weight excluding hydrogens is 318 g/mol. The van der Waals surface area contributed by atoms with Crippen LogP contribution in [0, 0.1) is 0 Å². The fourth-order valence-corrected chi connectivity index (χ4v) is 3.58. The van der Waals surface area contributed by atoms with E-state index in [0.29, 0.717) is 5.69 Å². The lowest BCUT2D eigenvalue weighted by Gasteiger charge is -2.17. The van der Waals surface area contributed by atoms with Crippen molar-refractivity contribution in [3.8, 4) is 0 Å². The Morgan fingerprint density at radius 1 is 1.29 bits per heavy atom. The molecule has 1 aromatic carbocycles. The van der Waals surface area contributed by atoms with E-state index >= 15 is 0 Å². The molecule has 0 bridgehead atoms. The minimum Gasteiger partial charge on any atom is -0.311 e. The zero-order valence-corrected chi connectivity index (χ0v) is 12.8. The Bertz CT molecular complexity index is 773. The molecule has 116 valence electrons. The summed E-state index contributed by atoms with van der Waals surface area (Å²) < 4.78 is 48.3. The molecule has 0 spiro atoms. The number of hydrogen-bond donors (Lipinski definition) is 2. The Labute approximate surface area is 123 Å². The quantitative estimate of drug-likeness (QED) is 0.730. The maximum atomic E-state index is 11.9. The Morgan fingerprint density at radius 3 is 2.48 bits per heavy atom. The van der Waals surface area contributed by atoms with Gasteiger partial charge in [-0.05, 0) is 25.2 Å². The van der Waals surface area contributed by atoms with Crippen molar-refractivity contribution in [2.75, 3.05) is 18.5 Å². The average Bonchev–Trinajstić information content (AvgIpc) is 2.81. The zero-order valence-electron chi connectivity index (χ0n) is 11.2. The monoisotopic (exact) mass is 333 g/mol. The second-order valence-corrected chi connectivity index (χ2v) is 8.36. The summed E-state index contributed by atoms with van der Waals surface area (Å²) in [5.74, 6) is -0.409. The second kappa shape index (κ2) is 5.37. The van der Waals surface area contributed by atoms with Crippen LogP contribution >= 0.6 is 0 Å². The molecule has 1 aliphatic rings. The molecule has 0 saturated carbocycles. The van der Waals surface area contributed by atoms with E-state index in [1.165, 1.54) is 36.2 Å². The Morgan fingerprint density at radius 2 is 1.95 bits per heavy atom. The van der Waals surface area contributed by atoms with Gasteiger partial charge >= 0.3 is 0 Å².